The van der Waals surface area contributed by atoms with Crippen LogP contribution in [0.25, 0.3) is 0 Å². The van der Waals surface area contributed by atoms with Gasteiger partial charge in [0.2, 0.25) is 0 Å². The molecule has 26 heavy (non-hydrogen) atoms. The van der Waals surface area contributed by atoms with Crippen molar-refractivity contribution in [3.05, 3.63) is 65.5 Å². The van der Waals surface area contributed by atoms with Crippen LogP contribution in [0.2, 0.25) is 0 Å². The Balaban J connectivity index is 1.61. The molecule has 3 rings (SSSR count). The van der Waals surface area contributed by atoms with Crippen LogP contribution in [0.4, 0.5) is 8.78 Å². The van der Waals surface area contributed by atoms with Gasteiger partial charge in [-0.25, -0.2) is 8.78 Å². The van der Waals surface area contributed by atoms with Gasteiger partial charge in [0.15, 0.2) is 0 Å². The average molecular weight is 361 g/mol. The quantitative estimate of drug-likeness (QED) is 0.722. The van der Waals surface area contributed by atoms with E-state index in [0.717, 1.165) is 57.4 Å². The van der Waals surface area contributed by atoms with Crippen molar-refractivity contribution in [2.75, 3.05) is 39.4 Å². The summed E-state index contributed by atoms with van der Waals surface area (Å²) in [5.74, 6) is -0.766. The van der Waals surface area contributed by atoms with Crippen molar-refractivity contribution < 1.29 is 13.5 Å². The van der Waals surface area contributed by atoms with Crippen LogP contribution in [0.15, 0.2) is 42.7 Å². The van der Waals surface area contributed by atoms with Crippen LogP contribution >= 0.6 is 0 Å². The Morgan fingerprint density at radius 2 is 1.81 bits per heavy atom. The lowest BCUT2D eigenvalue weighted by Crippen LogP contribution is -2.38. The minimum atomic E-state index is -0.404. The number of benzene rings is 1. The molecule has 0 unspecified atom stereocenters. The molecule has 2 aromatic rings. The number of hydrogen-bond donors (Lipinski definition) is 0. The smallest absolute Gasteiger partial charge is 0.127 e. The number of morpholine rings is 1. The highest BCUT2D eigenvalue weighted by atomic mass is 19.1. The Kier molecular flexibility index (Phi) is 7.05. The molecule has 0 bridgehead atoms. The van der Waals surface area contributed by atoms with Gasteiger partial charge in [-0.05, 0) is 48.9 Å². The number of aromatic nitrogens is 1. The first kappa shape index (κ1) is 18.9. The predicted octanol–water partition coefficient (Wildman–Crippen LogP) is 3.08. The number of ether oxygens (including phenoxy) is 1. The zero-order chi connectivity index (χ0) is 18.2. The van der Waals surface area contributed by atoms with Crippen molar-refractivity contribution in [2.45, 2.75) is 19.5 Å². The van der Waals surface area contributed by atoms with Gasteiger partial charge < -0.3 is 4.74 Å². The summed E-state index contributed by atoms with van der Waals surface area (Å²) in [7, 11) is 0. The molecule has 2 heterocycles. The maximum absolute atomic E-state index is 14.1. The van der Waals surface area contributed by atoms with Gasteiger partial charge in [0.25, 0.3) is 0 Å². The molecule has 1 aliphatic heterocycles. The summed E-state index contributed by atoms with van der Waals surface area (Å²) in [6.45, 7) is 6.37. The second-order valence-electron chi connectivity index (χ2n) is 6.61. The standard InChI is InChI=1S/C20H25F2N3O/c21-19-2-3-20(22)18(14-19)16-25(15-17-4-6-23-7-5-17)9-1-8-24-10-12-26-13-11-24/h2-7,14H,1,8-13,15-16H2. The molecule has 4 nitrogen and oxygen atoms in total. The molecule has 6 heteroatoms. The van der Waals surface area contributed by atoms with Crippen LogP contribution in [0, 0.1) is 11.6 Å². The summed E-state index contributed by atoms with van der Waals surface area (Å²) in [5.41, 5.74) is 1.51. The van der Waals surface area contributed by atoms with Crippen molar-refractivity contribution in [3.63, 3.8) is 0 Å². The molecule has 1 fully saturated rings. The molecule has 1 aromatic carbocycles. The third-order valence-electron chi connectivity index (χ3n) is 4.61. The van der Waals surface area contributed by atoms with Gasteiger partial charge in [0.05, 0.1) is 13.2 Å². The highest BCUT2D eigenvalue weighted by Crippen LogP contribution is 2.15. The van der Waals surface area contributed by atoms with E-state index in [9.17, 15) is 8.78 Å². The summed E-state index contributed by atoms with van der Waals surface area (Å²) in [6, 6.07) is 7.55. The maximum Gasteiger partial charge on any atom is 0.127 e. The van der Waals surface area contributed by atoms with Gasteiger partial charge >= 0.3 is 0 Å². The summed E-state index contributed by atoms with van der Waals surface area (Å²) >= 11 is 0. The number of rotatable bonds is 8. The van der Waals surface area contributed by atoms with E-state index in [1.165, 1.54) is 12.1 Å². The van der Waals surface area contributed by atoms with Gasteiger partial charge in [-0.3, -0.25) is 14.8 Å². The lowest BCUT2D eigenvalue weighted by Gasteiger charge is -2.28. The molecule has 0 radical (unpaired) electrons. The third-order valence-corrected chi connectivity index (χ3v) is 4.61. The van der Waals surface area contributed by atoms with E-state index in [-0.39, 0.29) is 5.82 Å². The molecular formula is C20H25F2N3O. The molecule has 1 aromatic heterocycles. The van der Waals surface area contributed by atoms with Gasteiger partial charge in [-0.15, -0.1) is 0 Å². The van der Waals surface area contributed by atoms with E-state index in [0.29, 0.717) is 18.7 Å². The fourth-order valence-electron chi connectivity index (χ4n) is 3.21. The largest absolute Gasteiger partial charge is 0.379 e. The fourth-order valence-corrected chi connectivity index (χ4v) is 3.21. The summed E-state index contributed by atoms with van der Waals surface area (Å²) in [6.07, 6.45) is 4.48. The predicted molar refractivity (Wildman–Crippen MR) is 96.6 cm³/mol. The average Bonchev–Trinajstić information content (AvgIpc) is 2.66. The summed E-state index contributed by atoms with van der Waals surface area (Å²) in [4.78, 5) is 8.59. The van der Waals surface area contributed by atoms with E-state index >= 15 is 0 Å². The van der Waals surface area contributed by atoms with E-state index in [1.807, 2.05) is 12.1 Å². The Morgan fingerprint density at radius 1 is 1.04 bits per heavy atom. The molecule has 0 aliphatic carbocycles. The Labute approximate surface area is 153 Å². The lowest BCUT2D eigenvalue weighted by atomic mass is 10.1. The van der Waals surface area contributed by atoms with Gasteiger partial charge in [-0.2, -0.15) is 0 Å². The maximum atomic E-state index is 14.1. The zero-order valence-electron chi connectivity index (χ0n) is 14.9. The van der Waals surface area contributed by atoms with Crippen LogP contribution in [-0.4, -0.2) is 54.2 Å². The second kappa shape index (κ2) is 9.71. The van der Waals surface area contributed by atoms with Crippen LogP contribution in [0.3, 0.4) is 0 Å². The molecule has 140 valence electrons. The van der Waals surface area contributed by atoms with Crippen LogP contribution < -0.4 is 0 Å². The molecule has 0 amide bonds. The van der Waals surface area contributed by atoms with E-state index in [4.69, 9.17) is 4.74 Å². The highest BCUT2D eigenvalue weighted by Gasteiger charge is 2.14. The monoisotopic (exact) mass is 361 g/mol. The molecule has 0 N–H and O–H groups in total. The topological polar surface area (TPSA) is 28.6 Å². The minimum Gasteiger partial charge on any atom is -0.379 e. The lowest BCUT2D eigenvalue weighted by molar-refractivity contribution is 0.0358. The van der Waals surface area contributed by atoms with Gasteiger partial charge in [0.1, 0.15) is 11.6 Å². The number of halogens is 2. The van der Waals surface area contributed by atoms with Gasteiger partial charge in [-0.1, -0.05) is 0 Å². The third kappa shape index (κ3) is 5.83. The van der Waals surface area contributed by atoms with Crippen molar-refractivity contribution in [2.24, 2.45) is 0 Å². The second-order valence-corrected chi connectivity index (χ2v) is 6.61. The van der Waals surface area contributed by atoms with Gasteiger partial charge in [0, 0.05) is 50.7 Å². The van der Waals surface area contributed by atoms with Crippen molar-refractivity contribution in [1.29, 1.82) is 0 Å². The Bertz CT molecular complexity index is 678. The number of nitrogens with zero attached hydrogens (tertiary/aromatic N) is 3. The first-order chi connectivity index (χ1) is 12.7. The molecular weight excluding hydrogens is 336 g/mol. The molecule has 0 atom stereocenters. The van der Waals surface area contributed by atoms with Crippen LogP contribution in [0.5, 0.6) is 0 Å². The highest BCUT2D eigenvalue weighted by molar-refractivity contribution is 5.19. The first-order valence-electron chi connectivity index (χ1n) is 9.06. The zero-order valence-corrected chi connectivity index (χ0v) is 14.9. The molecule has 1 aliphatic rings. The van der Waals surface area contributed by atoms with E-state index in [2.05, 4.69) is 14.8 Å². The SMILES string of the molecule is Fc1ccc(F)c(CN(CCCN2CCOCC2)Cc2ccncc2)c1. The van der Waals surface area contributed by atoms with E-state index in [1.54, 1.807) is 12.4 Å². The molecule has 0 saturated carbocycles. The van der Waals surface area contributed by atoms with Crippen molar-refractivity contribution in [1.82, 2.24) is 14.8 Å². The normalized spacial score (nSPS) is 15.5. The summed E-state index contributed by atoms with van der Waals surface area (Å²) in [5, 5.41) is 0. The first-order valence-corrected chi connectivity index (χ1v) is 9.06. The number of pyridine rings is 1. The minimum absolute atomic E-state index is 0.362. The van der Waals surface area contributed by atoms with Crippen LogP contribution in [0.1, 0.15) is 17.5 Å². The summed E-state index contributed by atoms with van der Waals surface area (Å²) < 4.78 is 32.9. The molecule has 1 saturated heterocycles. The van der Waals surface area contributed by atoms with E-state index < -0.39 is 5.82 Å². The number of hydrogen-bond acceptors (Lipinski definition) is 4. The van der Waals surface area contributed by atoms with Crippen molar-refractivity contribution in [3.8, 4) is 0 Å². The fraction of sp³-hybridized carbons (Fsp3) is 0.450. The Morgan fingerprint density at radius 3 is 2.58 bits per heavy atom. The Hall–Kier alpha value is -1.89. The molecule has 0 spiro atoms. The van der Waals surface area contributed by atoms with Crippen molar-refractivity contribution >= 4 is 0 Å². The van der Waals surface area contributed by atoms with Crippen LogP contribution in [-0.2, 0) is 17.8 Å².